The molecule has 10 aromatic carbocycles. The minimum Gasteiger partial charge on any atom is -0.497 e. The molecule has 0 aliphatic rings. The van der Waals surface area contributed by atoms with Crippen LogP contribution >= 0.6 is 0 Å². The predicted molar refractivity (Wildman–Crippen MR) is 249 cm³/mol. The van der Waals surface area contributed by atoms with Gasteiger partial charge in [-0.1, -0.05) is 97.1 Å². The molecule has 10 aromatic rings. The van der Waals surface area contributed by atoms with E-state index in [1.807, 2.05) is 48.5 Å². The molecule has 0 aliphatic carbocycles. The number of methoxy groups -OCH3 is 4. The predicted octanol–water partition coefficient (Wildman–Crippen LogP) is 14.6. The molecule has 0 saturated carbocycles. The molecule has 4 heteroatoms. The van der Waals surface area contributed by atoms with Crippen molar-refractivity contribution in [2.75, 3.05) is 28.4 Å². The third-order valence-corrected chi connectivity index (χ3v) is 11.8. The smallest absolute Gasteiger partial charge is 0.118 e. The van der Waals surface area contributed by atoms with E-state index in [9.17, 15) is 0 Å². The Labute approximate surface area is 350 Å². The quantitative estimate of drug-likeness (QED) is 0.130. The van der Waals surface area contributed by atoms with Gasteiger partial charge < -0.3 is 18.9 Å². The lowest BCUT2D eigenvalue weighted by molar-refractivity contribution is 0.415. The van der Waals surface area contributed by atoms with Crippen molar-refractivity contribution in [3.63, 3.8) is 0 Å². The van der Waals surface area contributed by atoms with Crippen molar-refractivity contribution in [1.82, 2.24) is 0 Å². The third-order valence-electron chi connectivity index (χ3n) is 11.8. The Morgan fingerprint density at radius 1 is 0.233 bits per heavy atom. The summed E-state index contributed by atoms with van der Waals surface area (Å²) in [6.45, 7) is 0. The van der Waals surface area contributed by atoms with Gasteiger partial charge in [0.15, 0.2) is 0 Å². The highest BCUT2D eigenvalue weighted by atomic mass is 16.5. The summed E-state index contributed by atoms with van der Waals surface area (Å²) in [4.78, 5) is 0. The first kappa shape index (κ1) is 36.8. The van der Waals surface area contributed by atoms with Crippen molar-refractivity contribution in [2.45, 2.75) is 0 Å². The maximum atomic E-state index is 5.50. The highest BCUT2D eigenvalue weighted by Crippen LogP contribution is 2.45. The van der Waals surface area contributed by atoms with E-state index < -0.39 is 0 Å². The summed E-state index contributed by atoms with van der Waals surface area (Å²) in [6.07, 6.45) is 0. The topological polar surface area (TPSA) is 36.9 Å². The second kappa shape index (κ2) is 15.3. The molecular formula is C56H42O4. The minimum absolute atomic E-state index is 0.834. The van der Waals surface area contributed by atoms with E-state index in [2.05, 4.69) is 133 Å². The molecule has 0 amide bonds. The van der Waals surface area contributed by atoms with Gasteiger partial charge >= 0.3 is 0 Å². The minimum atomic E-state index is 0.834. The van der Waals surface area contributed by atoms with Crippen molar-refractivity contribution in [2.24, 2.45) is 0 Å². The molecule has 60 heavy (non-hydrogen) atoms. The highest BCUT2D eigenvalue weighted by Gasteiger charge is 2.18. The second-order valence-corrected chi connectivity index (χ2v) is 15.2. The first-order valence-electron chi connectivity index (χ1n) is 20.1. The van der Waals surface area contributed by atoms with Crippen molar-refractivity contribution in [1.29, 1.82) is 0 Å². The Balaban J connectivity index is 1.17. The van der Waals surface area contributed by atoms with Crippen LogP contribution in [0.3, 0.4) is 0 Å². The van der Waals surface area contributed by atoms with Crippen LogP contribution in [0.25, 0.3) is 99.1 Å². The van der Waals surface area contributed by atoms with E-state index in [1.54, 1.807) is 28.4 Å². The Bertz CT molecular complexity index is 2800. The second-order valence-electron chi connectivity index (χ2n) is 15.2. The molecule has 0 saturated heterocycles. The lowest BCUT2D eigenvalue weighted by Gasteiger charge is -2.18. The SMILES string of the molecule is COc1ccc(-c2cc(-c3ccc(OC)cc3)cc(-c3ccc4ccc5c(-c6cc(-c7ccc(OC)cc7)cc(-c7ccc(OC)cc7)c6)ccc6ccc3c4c65)c2)cc1. The van der Waals surface area contributed by atoms with Crippen molar-refractivity contribution in [3.8, 4) is 89.8 Å². The maximum absolute atomic E-state index is 5.50. The molecule has 10 rings (SSSR count). The van der Waals surface area contributed by atoms with Crippen LogP contribution in [0.4, 0.5) is 0 Å². The molecule has 0 fully saturated rings. The molecule has 0 unspecified atom stereocenters. The molecule has 0 spiro atoms. The van der Waals surface area contributed by atoms with Gasteiger partial charge in [0, 0.05) is 0 Å². The molecule has 0 radical (unpaired) electrons. The van der Waals surface area contributed by atoms with Gasteiger partial charge in [0.25, 0.3) is 0 Å². The van der Waals surface area contributed by atoms with E-state index in [4.69, 9.17) is 18.9 Å². The molecule has 0 atom stereocenters. The first-order chi connectivity index (χ1) is 29.5. The van der Waals surface area contributed by atoms with Gasteiger partial charge in [0.2, 0.25) is 0 Å². The van der Waals surface area contributed by atoms with Gasteiger partial charge in [-0.3, -0.25) is 0 Å². The van der Waals surface area contributed by atoms with Crippen LogP contribution in [0.5, 0.6) is 23.0 Å². The van der Waals surface area contributed by atoms with Crippen LogP contribution in [0, 0.1) is 0 Å². The zero-order chi connectivity index (χ0) is 40.7. The van der Waals surface area contributed by atoms with Crippen molar-refractivity contribution in [3.05, 3.63) is 182 Å². The standard InChI is InChI=1S/C56H42O4/c1-57-47-17-5-35(6-18-47)41-29-42(36-7-19-48(58-2)20-8-36)32-45(31-41)51-25-13-39-16-28-54-52(26-14-40-15-27-53(51)55(39)56(40)54)46-33-43(37-9-21-49(59-3)22-10-37)30-44(34-46)38-11-23-50(60-4)24-12-38/h5-34H,1-4H3. The van der Waals surface area contributed by atoms with Gasteiger partial charge in [-0.05, 0) is 184 Å². The van der Waals surface area contributed by atoms with E-state index in [-0.39, 0.29) is 0 Å². The number of hydrogen-bond acceptors (Lipinski definition) is 4. The average Bonchev–Trinajstić information content (AvgIpc) is 3.32. The summed E-state index contributed by atoms with van der Waals surface area (Å²) < 4.78 is 22.0. The average molecular weight is 779 g/mol. The fourth-order valence-electron chi connectivity index (χ4n) is 8.67. The molecule has 0 heterocycles. The van der Waals surface area contributed by atoms with Gasteiger partial charge in [-0.25, -0.2) is 0 Å². The first-order valence-corrected chi connectivity index (χ1v) is 20.1. The largest absolute Gasteiger partial charge is 0.497 e. The maximum Gasteiger partial charge on any atom is 0.118 e. The summed E-state index contributed by atoms with van der Waals surface area (Å²) >= 11 is 0. The third kappa shape index (κ3) is 6.62. The van der Waals surface area contributed by atoms with E-state index >= 15 is 0 Å². The van der Waals surface area contributed by atoms with Crippen molar-refractivity contribution >= 4 is 32.3 Å². The Morgan fingerprint density at radius 3 is 0.750 bits per heavy atom. The molecule has 0 aromatic heterocycles. The molecule has 290 valence electrons. The molecule has 0 N–H and O–H groups in total. The van der Waals surface area contributed by atoms with E-state index in [1.165, 1.54) is 43.4 Å². The number of ether oxygens (including phenoxy) is 4. The summed E-state index contributed by atoms with van der Waals surface area (Å²) in [6, 6.07) is 65.3. The van der Waals surface area contributed by atoms with Crippen LogP contribution in [0.15, 0.2) is 182 Å². The zero-order valence-corrected chi connectivity index (χ0v) is 34.0. The number of benzene rings is 10. The summed E-state index contributed by atoms with van der Waals surface area (Å²) in [5.74, 6) is 3.34. The van der Waals surface area contributed by atoms with E-state index in [0.29, 0.717) is 0 Å². The van der Waals surface area contributed by atoms with Crippen LogP contribution in [0.2, 0.25) is 0 Å². The Kier molecular flexibility index (Phi) is 9.38. The van der Waals surface area contributed by atoms with Gasteiger partial charge in [0.1, 0.15) is 23.0 Å². The fraction of sp³-hybridized carbons (Fsp3) is 0.0714. The molecule has 0 aliphatic heterocycles. The Morgan fingerprint density at radius 2 is 0.483 bits per heavy atom. The van der Waals surface area contributed by atoms with Gasteiger partial charge in [-0.15, -0.1) is 0 Å². The molecular weight excluding hydrogens is 737 g/mol. The summed E-state index contributed by atoms with van der Waals surface area (Å²) in [5.41, 5.74) is 13.7. The number of hydrogen-bond donors (Lipinski definition) is 0. The van der Waals surface area contributed by atoms with Crippen molar-refractivity contribution < 1.29 is 18.9 Å². The summed E-state index contributed by atoms with van der Waals surface area (Å²) in [5, 5.41) is 7.43. The monoisotopic (exact) mass is 778 g/mol. The van der Waals surface area contributed by atoms with Crippen LogP contribution in [-0.4, -0.2) is 28.4 Å². The van der Waals surface area contributed by atoms with E-state index in [0.717, 1.165) is 78.6 Å². The summed E-state index contributed by atoms with van der Waals surface area (Å²) in [7, 11) is 6.81. The lowest BCUT2D eigenvalue weighted by Crippen LogP contribution is -1.92. The fourth-order valence-corrected chi connectivity index (χ4v) is 8.67. The zero-order valence-electron chi connectivity index (χ0n) is 34.0. The van der Waals surface area contributed by atoms with Gasteiger partial charge in [-0.2, -0.15) is 0 Å². The highest BCUT2D eigenvalue weighted by molar-refractivity contribution is 6.27. The normalized spacial score (nSPS) is 11.3. The Hall–Kier alpha value is -7.56. The van der Waals surface area contributed by atoms with Gasteiger partial charge in [0.05, 0.1) is 28.4 Å². The molecule has 0 bridgehead atoms. The number of rotatable bonds is 10. The lowest BCUT2D eigenvalue weighted by atomic mass is 9.85. The molecule has 4 nitrogen and oxygen atoms in total. The van der Waals surface area contributed by atoms with Crippen LogP contribution < -0.4 is 18.9 Å². The van der Waals surface area contributed by atoms with Crippen LogP contribution in [-0.2, 0) is 0 Å². The van der Waals surface area contributed by atoms with Crippen LogP contribution in [0.1, 0.15) is 0 Å².